The summed E-state index contributed by atoms with van der Waals surface area (Å²) in [5.41, 5.74) is 12.7. The van der Waals surface area contributed by atoms with E-state index in [2.05, 4.69) is 46.0 Å². The molecule has 2 aromatic heterocycles. The van der Waals surface area contributed by atoms with Gasteiger partial charge in [0.2, 0.25) is 0 Å². The van der Waals surface area contributed by atoms with Crippen LogP contribution in [-0.2, 0) is 4.74 Å². The van der Waals surface area contributed by atoms with Crippen LogP contribution >= 0.6 is 0 Å². The lowest BCUT2D eigenvalue weighted by Crippen LogP contribution is -2.19. The van der Waals surface area contributed by atoms with E-state index in [0.29, 0.717) is 24.7 Å². The van der Waals surface area contributed by atoms with Crippen molar-refractivity contribution in [1.29, 1.82) is 0 Å². The zero-order valence-electron chi connectivity index (χ0n) is 17.2. The van der Waals surface area contributed by atoms with Crippen molar-refractivity contribution in [3.63, 3.8) is 0 Å². The van der Waals surface area contributed by atoms with E-state index in [1.54, 1.807) is 7.11 Å². The average molecular weight is 404 g/mol. The van der Waals surface area contributed by atoms with Crippen LogP contribution in [0.1, 0.15) is 11.1 Å². The molecule has 4 rings (SSSR count). The summed E-state index contributed by atoms with van der Waals surface area (Å²) >= 11 is 0. The number of aryl methyl sites for hydroxylation is 2. The first kappa shape index (κ1) is 19.7. The third kappa shape index (κ3) is 3.65. The molecule has 0 aliphatic heterocycles. The fraction of sp³-hybridized carbons (Fsp3) is 0.227. The molecule has 0 radical (unpaired) electrons. The topological polar surface area (TPSA) is 107 Å². The number of urea groups is 1. The summed E-state index contributed by atoms with van der Waals surface area (Å²) in [5, 5.41) is 5.91. The van der Waals surface area contributed by atoms with Crippen LogP contribution in [0.25, 0.3) is 27.9 Å². The fourth-order valence-corrected chi connectivity index (χ4v) is 3.45. The summed E-state index contributed by atoms with van der Waals surface area (Å²) < 4.78 is 7.27. The maximum absolute atomic E-state index is 11.1. The third-order valence-corrected chi connectivity index (χ3v) is 5.08. The Morgan fingerprint density at radius 3 is 2.60 bits per heavy atom. The number of methoxy groups -OCH3 is 1. The Balaban J connectivity index is 1.90. The summed E-state index contributed by atoms with van der Waals surface area (Å²) in [6.45, 7) is 5.37. The number of nitrogens with zero attached hydrogens (tertiary/aromatic N) is 3. The minimum absolute atomic E-state index is 0.570. The molecule has 0 saturated heterocycles. The number of nitrogens with two attached hydrogens (primary N) is 1. The van der Waals surface area contributed by atoms with Gasteiger partial charge in [0.25, 0.3) is 0 Å². The van der Waals surface area contributed by atoms with Gasteiger partial charge in [-0.1, -0.05) is 12.1 Å². The molecule has 0 fully saturated rings. The summed E-state index contributed by atoms with van der Waals surface area (Å²) in [6.07, 6.45) is 1.84. The van der Waals surface area contributed by atoms with Crippen LogP contribution in [0.15, 0.2) is 42.6 Å². The van der Waals surface area contributed by atoms with Crippen LogP contribution in [-0.4, -0.2) is 40.7 Å². The van der Waals surface area contributed by atoms with Crippen LogP contribution in [0.3, 0.4) is 0 Å². The molecule has 0 atom stereocenters. The molecule has 8 nitrogen and oxygen atoms in total. The average Bonchev–Trinajstić information content (AvgIpc) is 3.15. The Labute approximate surface area is 174 Å². The first-order valence-corrected chi connectivity index (χ1v) is 9.66. The molecule has 154 valence electrons. The lowest BCUT2D eigenvalue weighted by Gasteiger charge is -2.13. The van der Waals surface area contributed by atoms with Gasteiger partial charge in [-0.2, -0.15) is 0 Å². The molecule has 30 heavy (non-hydrogen) atoms. The second-order valence-corrected chi connectivity index (χ2v) is 7.17. The zero-order valence-corrected chi connectivity index (χ0v) is 17.2. The van der Waals surface area contributed by atoms with E-state index in [-0.39, 0.29) is 0 Å². The number of anilines is 2. The molecule has 4 N–H and O–H groups in total. The van der Waals surface area contributed by atoms with Crippen LogP contribution in [0.4, 0.5) is 16.3 Å². The van der Waals surface area contributed by atoms with Gasteiger partial charge in [0.15, 0.2) is 11.5 Å². The number of primary amides is 1. The van der Waals surface area contributed by atoms with Gasteiger partial charge in [0.05, 0.1) is 29.5 Å². The molecule has 0 saturated carbocycles. The van der Waals surface area contributed by atoms with Crippen molar-refractivity contribution in [2.75, 3.05) is 30.9 Å². The Morgan fingerprint density at radius 1 is 1.17 bits per heavy atom. The van der Waals surface area contributed by atoms with Crippen molar-refractivity contribution in [1.82, 2.24) is 14.4 Å². The fourth-order valence-electron chi connectivity index (χ4n) is 3.45. The highest BCUT2D eigenvalue weighted by atomic mass is 16.5. The van der Waals surface area contributed by atoms with Gasteiger partial charge in [0.1, 0.15) is 0 Å². The van der Waals surface area contributed by atoms with Crippen LogP contribution in [0.5, 0.6) is 0 Å². The van der Waals surface area contributed by atoms with E-state index in [4.69, 9.17) is 15.5 Å². The molecule has 0 aliphatic carbocycles. The highest BCUT2D eigenvalue weighted by Crippen LogP contribution is 2.30. The van der Waals surface area contributed by atoms with Crippen molar-refractivity contribution in [3.8, 4) is 11.3 Å². The molecule has 0 bridgehead atoms. The van der Waals surface area contributed by atoms with E-state index < -0.39 is 6.03 Å². The number of hydrogen-bond acceptors (Lipinski definition) is 5. The normalized spacial score (nSPS) is 11.2. The molecule has 4 aromatic rings. The molecule has 8 heteroatoms. The summed E-state index contributed by atoms with van der Waals surface area (Å²) in [4.78, 5) is 20.6. The van der Waals surface area contributed by atoms with Gasteiger partial charge in [-0.15, -0.1) is 0 Å². The summed E-state index contributed by atoms with van der Waals surface area (Å²) in [5.74, 6) is 0.709. The van der Waals surface area contributed by atoms with E-state index in [9.17, 15) is 4.79 Å². The van der Waals surface area contributed by atoms with Crippen molar-refractivity contribution in [3.05, 3.63) is 53.7 Å². The van der Waals surface area contributed by atoms with Gasteiger partial charge < -0.3 is 21.1 Å². The largest absolute Gasteiger partial charge is 0.383 e. The first-order chi connectivity index (χ1) is 14.5. The monoisotopic (exact) mass is 404 g/mol. The maximum Gasteiger partial charge on any atom is 0.316 e. The highest BCUT2D eigenvalue weighted by molar-refractivity contribution is 5.89. The smallest absolute Gasteiger partial charge is 0.316 e. The number of carbonyl (C=O) groups excluding carboxylic acids is 1. The quantitative estimate of drug-likeness (QED) is 0.425. The molecule has 2 heterocycles. The van der Waals surface area contributed by atoms with Crippen LogP contribution in [0.2, 0.25) is 0 Å². The minimum Gasteiger partial charge on any atom is -0.383 e. The minimum atomic E-state index is -0.591. The van der Waals surface area contributed by atoms with E-state index in [0.717, 1.165) is 27.9 Å². The second-order valence-electron chi connectivity index (χ2n) is 7.17. The number of hydrogen-bond donors (Lipinski definition) is 3. The highest BCUT2D eigenvalue weighted by Gasteiger charge is 2.15. The predicted octanol–water partition coefficient (Wildman–Crippen LogP) is 3.72. The number of rotatable bonds is 6. The second kappa shape index (κ2) is 8.00. The molecule has 0 spiro atoms. The van der Waals surface area contributed by atoms with Crippen molar-refractivity contribution >= 4 is 34.2 Å². The van der Waals surface area contributed by atoms with Crippen LogP contribution < -0.4 is 16.4 Å². The van der Waals surface area contributed by atoms with E-state index >= 15 is 0 Å². The Morgan fingerprint density at radius 2 is 1.90 bits per heavy atom. The summed E-state index contributed by atoms with van der Waals surface area (Å²) in [6, 6.07) is 11.1. The van der Waals surface area contributed by atoms with E-state index in [1.165, 1.54) is 11.1 Å². The number of amides is 2. The third-order valence-electron chi connectivity index (χ3n) is 5.08. The first-order valence-electron chi connectivity index (χ1n) is 9.66. The molecular formula is C22H24N6O2. The van der Waals surface area contributed by atoms with Gasteiger partial charge in [-0.25, -0.2) is 14.8 Å². The number of carbonyl (C=O) groups is 1. The Bertz CT molecular complexity index is 1230. The van der Waals surface area contributed by atoms with E-state index in [1.807, 2.05) is 30.5 Å². The van der Waals surface area contributed by atoms with Gasteiger partial charge in [-0.05, 0) is 49.2 Å². The number of ether oxygens (including phenoxy) is 1. The number of imidazole rings is 1. The lowest BCUT2D eigenvalue weighted by molar-refractivity contribution is 0.210. The number of aromatic nitrogens is 3. The number of fused-ring (bicyclic) bond motifs is 3. The van der Waals surface area contributed by atoms with Gasteiger partial charge in [0, 0.05) is 24.9 Å². The van der Waals surface area contributed by atoms with Gasteiger partial charge >= 0.3 is 6.03 Å². The van der Waals surface area contributed by atoms with Crippen molar-refractivity contribution < 1.29 is 9.53 Å². The predicted molar refractivity (Wildman–Crippen MR) is 119 cm³/mol. The Hall–Kier alpha value is -3.65. The van der Waals surface area contributed by atoms with Crippen molar-refractivity contribution in [2.24, 2.45) is 5.73 Å². The standard InChI is InChI=1S/C22H24N6O2/c1-13-10-17-18(11-14(13)2)28-19(15-4-6-16(7-5-15)26-22(23)29)12-25-21(28)20(27-17)24-8-9-30-3/h4-7,10-12H,8-9H2,1-3H3,(H,24,27)(H3,23,26,29). The SMILES string of the molecule is COCCNc1nc2cc(C)c(C)cc2n2c(-c3ccc(NC(N)=O)cc3)cnc12. The summed E-state index contributed by atoms with van der Waals surface area (Å²) in [7, 11) is 1.67. The van der Waals surface area contributed by atoms with Crippen LogP contribution in [0, 0.1) is 13.8 Å². The number of nitrogens with one attached hydrogen (secondary N) is 2. The number of benzene rings is 2. The molecular weight excluding hydrogens is 380 g/mol. The molecule has 2 aromatic carbocycles. The molecule has 0 unspecified atom stereocenters. The lowest BCUT2D eigenvalue weighted by atomic mass is 10.1. The van der Waals surface area contributed by atoms with Crippen molar-refractivity contribution in [2.45, 2.75) is 13.8 Å². The molecule has 0 aliphatic rings. The zero-order chi connectivity index (χ0) is 21.3. The van der Waals surface area contributed by atoms with Gasteiger partial charge in [-0.3, -0.25) is 4.40 Å². The molecule has 2 amide bonds. The Kier molecular flexibility index (Phi) is 5.24. The maximum atomic E-state index is 11.1.